The number of aryl methyl sites for hydroxylation is 1. The fraction of sp³-hybridized carbons (Fsp3) is 0.286. The van der Waals surface area contributed by atoms with Gasteiger partial charge in [-0.3, -0.25) is 4.57 Å². The molecule has 12 heavy (non-hydrogen) atoms. The molecule has 0 saturated heterocycles. The van der Waals surface area contributed by atoms with Gasteiger partial charge in [-0.05, 0) is 22.8 Å². The molecule has 0 aliphatic carbocycles. The Morgan fingerprint density at radius 2 is 2.42 bits per heavy atom. The number of rotatable bonds is 1. The molecule has 0 aliphatic rings. The molecule has 0 aromatic carbocycles. The Morgan fingerprint density at radius 3 is 2.83 bits per heavy atom. The lowest BCUT2D eigenvalue weighted by Gasteiger charge is -1.83. The molecule has 0 saturated carbocycles. The quantitative estimate of drug-likeness (QED) is 0.349. The van der Waals surface area contributed by atoms with E-state index in [1.165, 1.54) is 10.8 Å². The maximum atomic E-state index is 10.3. The smallest absolute Gasteiger partial charge is 0.358 e. The predicted molar refractivity (Wildman–Crippen MR) is 42.4 cm³/mol. The normalized spacial score (nSPS) is 8.83. The molecule has 5 heteroatoms. The van der Waals surface area contributed by atoms with Crippen LogP contribution in [0.25, 0.3) is 0 Å². The fourth-order valence-electron chi connectivity index (χ4n) is 0.766. The lowest BCUT2D eigenvalue weighted by molar-refractivity contribution is -0.389. The first-order chi connectivity index (χ1) is 5.65. The minimum absolute atomic E-state index is 0.171. The third-order valence-corrected chi connectivity index (χ3v) is 1.29. The van der Waals surface area contributed by atoms with Gasteiger partial charge in [-0.25, -0.2) is 0 Å². The van der Waals surface area contributed by atoms with Crippen LogP contribution < -0.4 is 0 Å². The lowest BCUT2D eigenvalue weighted by Crippen LogP contribution is -1.89. The second-order valence-electron chi connectivity index (χ2n) is 2.17. The standard InChI is InChI=1S/C7H7N3O2/c1-3-4-6-8-7(10(11)12)5-9(6)2/h5H,1-2H3. The van der Waals surface area contributed by atoms with Crippen molar-refractivity contribution in [1.29, 1.82) is 0 Å². The summed E-state index contributed by atoms with van der Waals surface area (Å²) in [7, 11) is 1.67. The van der Waals surface area contributed by atoms with Crippen LogP contribution in [0.4, 0.5) is 5.82 Å². The zero-order chi connectivity index (χ0) is 9.14. The molecule has 0 aliphatic heterocycles. The summed E-state index contributed by atoms with van der Waals surface area (Å²) in [5, 5.41) is 10.3. The van der Waals surface area contributed by atoms with E-state index < -0.39 is 4.92 Å². The Balaban J connectivity index is 3.14. The van der Waals surface area contributed by atoms with Gasteiger partial charge in [0.25, 0.3) is 5.82 Å². The summed E-state index contributed by atoms with van der Waals surface area (Å²) >= 11 is 0. The largest absolute Gasteiger partial charge is 0.383 e. The van der Waals surface area contributed by atoms with Gasteiger partial charge < -0.3 is 10.1 Å². The Labute approximate surface area is 69.2 Å². The highest BCUT2D eigenvalue weighted by atomic mass is 16.6. The van der Waals surface area contributed by atoms with Crippen molar-refractivity contribution in [3.8, 4) is 11.8 Å². The highest BCUT2D eigenvalue weighted by Gasteiger charge is 2.13. The summed E-state index contributed by atoms with van der Waals surface area (Å²) in [6, 6.07) is 0. The lowest BCUT2D eigenvalue weighted by atomic mass is 10.6. The van der Waals surface area contributed by atoms with Crippen LogP contribution in [0.5, 0.6) is 0 Å². The van der Waals surface area contributed by atoms with Crippen LogP contribution in [0.1, 0.15) is 12.7 Å². The first-order valence-corrected chi connectivity index (χ1v) is 3.25. The van der Waals surface area contributed by atoms with E-state index in [-0.39, 0.29) is 5.82 Å². The number of hydrogen-bond acceptors (Lipinski definition) is 3. The van der Waals surface area contributed by atoms with Crippen molar-refractivity contribution in [2.45, 2.75) is 6.92 Å². The molecule has 0 bridgehead atoms. The molecule has 0 N–H and O–H groups in total. The summed E-state index contributed by atoms with van der Waals surface area (Å²) in [4.78, 5) is 13.4. The fourth-order valence-corrected chi connectivity index (χ4v) is 0.766. The van der Waals surface area contributed by atoms with Crippen LogP contribution in [0.15, 0.2) is 6.20 Å². The zero-order valence-electron chi connectivity index (χ0n) is 6.74. The zero-order valence-corrected chi connectivity index (χ0v) is 6.74. The predicted octanol–water partition coefficient (Wildman–Crippen LogP) is 0.700. The van der Waals surface area contributed by atoms with Crippen molar-refractivity contribution < 1.29 is 4.92 Å². The van der Waals surface area contributed by atoms with E-state index >= 15 is 0 Å². The minimum Gasteiger partial charge on any atom is -0.358 e. The minimum atomic E-state index is -0.541. The van der Waals surface area contributed by atoms with Gasteiger partial charge in [0.05, 0.1) is 0 Å². The highest BCUT2D eigenvalue weighted by molar-refractivity contribution is 5.28. The van der Waals surface area contributed by atoms with Crippen LogP contribution in [-0.4, -0.2) is 14.5 Å². The van der Waals surface area contributed by atoms with Crippen LogP contribution in [-0.2, 0) is 7.05 Å². The average Bonchev–Trinajstić information content (AvgIpc) is 2.34. The number of imidazole rings is 1. The Morgan fingerprint density at radius 1 is 1.75 bits per heavy atom. The second-order valence-corrected chi connectivity index (χ2v) is 2.17. The van der Waals surface area contributed by atoms with Gasteiger partial charge in [-0.2, -0.15) is 0 Å². The third-order valence-electron chi connectivity index (χ3n) is 1.29. The van der Waals surface area contributed by atoms with Crippen molar-refractivity contribution in [3.63, 3.8) is 0 Å². The van der Waals surface area contributed by atoms with Crippen molar-refractivity contribution in [3.05, 3.63) is 22.1 Å². The SMILES string of the molecule is CC#Cc1nc([N+](=O)[O-])cn1C. The van der Waals surface area contributed by atoms with Crippen LogP contribution >= 0.6 is 0 Å². The summed E-state index contributed by atoms with van der Waals surface area (Å²) in [6.07, 6.45) is 1.33. The van der Waals surface area contributed by atoms with E-state index in [0.29, 0.717) is 5.82 Å². The van der Waals surface area contributed by atoms with Crippen molar-refractivity contribution in [1.82, 2.24) is 9.55 Å². The van der Waals surface area contributed by atoms with Gasteiger partial charge in [0.2, 0.25) is 0 Å². The van der Waals surface area contributed by atoms with Gasteiger partial charge in [-0.15, -0.1) is 0 Å². The molecular weight excluding hydrogens is 158 g/mol. The maximum absolute atomic E-state index is 10.3. The second kappa shape index (κ2) is 3.05. The van der Waals surface area contributed by atoms with E-state index in [1.807, 2.05) is 0 Å². The van der Waals surface area contributed by atoms with E-state index in [0.717, 1.165) is 0 Å². The van der Waals surface area contributed by atoms with Gasteiger partial charge in [0.15, 0.2) is 0 Å². The molecule has 0 radical (unpaired) electrons. The van der Waals surface area contributed by atoms with Crippen molar-refractivity contribution >= 4 is 5.82 Å². The topological polar surface area (TPSA) is 61.0 Å². The maximum Gasteiger partial charge on any atom is 0.383 e. The van der Waals surface area contributed by atoms with E-state index in [2.05, 4.69) is 16.8 Å². The molecule has 5 nitrogen and oxygen atoms in total. The first-order valence-electron chi connectivity index (χ1n) is 3.25. The number of nitro groups is 1. The summed E-state index contributed by atoms with van der Waals surface area (Å²) < 4.78 is 1.52. The molecule has 0 spiro atoms. The molecule has 0 amide bonds. The van der Waals surface area contributed by atoms with Crippen LogP contribution in [0.3, 0.4) is 0 Å². The Kier molecular flexibility index (Phi) is 2.10. The summed E-state index contributed by atoms with van der Waals surface area (Å²) in [5.41, 5.74) is 0. The van der Waals surface area contributed by atoms with Gasteiger partial charge in [-0.1, -0.05) is 5.92 Å². The molecule has 1 aromatic rings. The van der Waals surface area contributed by atoms with Crippen molar-refractivity contribution in [2.24, 2.45) is 7.05 Å². The number of nitrogens with zero attached hydrogens (tertiary/aromatic N) is 3. The summed E-state index contributed by atoms with van der Waals surface area (Å²) in [5.74, 6) is 5.51. The Bertz CT molecular complexity index is 370. The third kappa shape index (κ3) is 1.42. The molecule has 0 unspecified atom stereocenters. The van der Waals surface area contributed by atoms with E-state index in [4.69, 9.17) is 0 Å². The number of hydrogen-bond donors (Lipinski definition) is 0. The van der Waals surface area contributed by atoms with Crippen LogP contribution in [0.2, 0.25) is 0 Å². The van der Waals surface area contributed by atoms with E-state index in [1.54, 1.807) is 14.0 Å². The molecular formula is C7H7N3O2. The molecule has 62 valence electrons. The highest BCUT2D eigenvalue weighted by Crippen LogP contribution is 2.07. The van der Waals surface area contributed by atoms with Crippen LogP contribution in [0, 0.1) is 22.0 Å². The van der Waals surface area contributed by atoms with Gasteiger partial charge >= 0.3 is 5.82 Å². The monoisotopic (exact) mass is 165 g/mol. The average molecular weight is 165 g/mol. The van der Waals surface area contributed by atoms with E-state index in [9.17, 15) is 10.1 Å². The van der Waals surface area contributed by atoms with Crippen molar-refractivity contribution in [2.75, 3.05) is 0 Å². The molecule has 1 aromatic heterocycles. The van der Waals surface area contributed by atoms with Gasteiger partial charge in [0, 0.05) is 7.05 Å². The first kappa shape index (κ1) is 8.27. The molecule has 1 heterocycles. The molecule has 1 rings (SSSR count). The summed E-state index contributed by atoms with van der Waals surface area (Å²) in [6.45, 7) is 1.65. The van der Waals surface area contributed by atoms with Gasteiger partial charge in [0.1, 0.15) is 6.20 Å². The molecule has 0 atom stereocenters. The Hall–Kier alpha value is -1.83. The number of aromatic nitrogens is 2. The molecule has 0 fully saturated rings.